The predicted molar refractivity (Wildman–Crippen MR) is 111 cm³/mol. The Hall–Kier alpha value is 0.0669. The van der Waals surface area contributed by atoms with E-state index < -0.39 is 8.32 Å². The second-order valence-electron chi connectivity index (χ2n) is 6.91. The van der Waals surface area contributed by atoms with E-state index in [0.29, 0.717) is 6.42 Å². The topological polar surface area (TPSA) is 29.5 Å². The van der Waals surface area contributed by atoms with Crippen LogP contribution in [-0.2, 0) is 4.43 Å². The normalized spacial score (nSPS) is 11.0. The molecule has 140 valence electrons. The first kappa shape index (κ1) is 25.3. The highest BCUT2D eigenvalue weighted by atomic mass is 32.1. The van der Waals surface area contributed by atoms with E-state index >= 15 is 0 Å². The van der Waals surface area contributed by atoms with Gasteiger partial charge in [0.1, 0.15) is 0 Å². The highest BCUT2D eigenvalue weighted by molar-refractivity contribution is 7.80. The average Bonchev–Trinajstić information content (AvgIpc) is 2.47. The maximum atomic E-state index is 8.64. The van der Waals surface area contributed by atoms with Gasteiger partial charge < -0.3 is 9.53 Å². The Morgan fingerprint density at radius 3 is 1.74 bits per heavy atom. The molecule has 0 aliphatic heterocycles. The van der Waals surface area contributed by atoms with Gasteiger partial charge in [-0.05, 0) is 44.7 Å². The number of aliphatic hydroxyl groups is 1. The van der Waals surface area contributed by atoms with Gasteiger partial charge in [0.25, 0.3) is 0 Å². The van der Waals surface area contributed by atoms with E-state index in [1.165, 1.54) is 63.8 Å². The average molecular weight is 363 g/mol. The summed E-state index contributed by atoms with van der Waals surface area (Å²) in [6.45, 7) is 12.1. The van der Waals surface area contributed by atoms with Crippen LogP contribution in [0.25, 0.3) is 0 Å². The SMILES string of the molecule is CCCCCCCC(O)=S.CCCCCCC[Si](C)(C)OCC. The fourth-order valence-corrected chi connectivity index (χ4v) is 4.67. The Kier molecular flexibility index (Phi) is 20.3. The molecule has 0 rings (SSSR count). The Labute approximate surface area is 152 Å². The predicted octanol–water partition coefficient (Wildman–Crippen LogP) is 7.43. The van der Waals surface area contributed by atoms with Gasteiger partial charge >= 0.3 is 0 Å². The van der Waals surface area contributed by atoms with Crippen molar-refractivity contribution in [3.63, 3.8) is 0 Å². The summed E-state index contributed by atoms with van der Waals surface area (Å²) in [6.07, 6.45) is 13.7. The lowest BCUT2D eigenvalue weighted by Crippen LogP contribution is -2.29. The molecule has 0 amide bonds. The van der Waals surface area contributed by atoms with Crippen molar-refractivity contribution < 1.29 is 9.53 Å². The molecule has 0 aromatic heterocycles. The van der Waals surface area contributed by atoms with E-state index in [9.17, 15) is 0 Å². The monoisotopic (exact) mass is 362 g/mol. The molecule has 0 fully saturated rings. The first-order valence-corrected chi connectivity index (χ1v) is 13.3. The van der Waals surface area contributed by atoms with Gasteiger partial charge in [0, 0.05) is 13.0 Å². The molecule has 0 atom stereocenters. The van der Waals surface area contributed by atoms with E-state index in [2.05, 4.69) is 46.1 Å². The van der Waals surface area contributed by atoms with Crippen LogP contribution in [0.1, 0.15) is 91.4 Å². The molecule has 0 saturated carbocycles. The summed E-state index contributed by atoms with van der Waals surface area (Å²) in [4.78, 5) is 0. The van der Waals surface area contributed by atoms with Gasteiger partial charge in [-0.3, -0.25) is 0 Å². The third-order valence-electron chi connectivity index (χ3n) is 3.91. The Morgan fingerprint density at radius 1 is 0.826 bits per heavy atom. The van der Waals surface area contributed by atoms with Crippen LogP contribution in [0.3, 0.4) is 0 Å². The molecular formula is C19H42O2SSi. The van der Waals surface area contributed by atoms with Gasteiger partial charge in [-0.15, -0.1) is 0 Å². The van der Waals surface area contributed by atoms with Crippen molar-refractivity contribution in [2.24, 2.45) is 0 Å². The zero-order valence-corrected chi connectivity index (χ0v) is 18.3. The van der Waals surface area contributed by atoms with E-state index in [-0.39, 0.29) is 5.05 Å². The molecule has 0 radical (unpaired) electrons. The second kappa shape index (κ2) is 18.4. The lowest BCUT2D eigenvalue weighted by atomic mass is 10.1. The lowest BCUT2D eigenvalue weighted by molar-refractivity contribution is 0.327. The number of thiocarbonyl (C=S) groups is 1. The van der Waals surface area contributed by atoms with Crippen LogP contribution in [0.2, 0.25) is 19.1 Å². The molecule has 0 aromatic rings. The smallest absolute Gasteiger partial charge is 0.186 e. The maximum Gasteiger partial charge on any atom is 0.186 e. The molecule has 23 heavy (non-hydrogen) atoms. The summed E-state index contributed by atoms with van der Waals surface area (Å²) in [7, 11) is -1.26. The standard InChI is InChI=1S/C11H26OSi.C8H16OS/c1-5-7-8-9-10-11-13(3,4)12-6-2;1-2-3-4-5-6-7-8(9)10/h5-11H2,1-4H3;2-7H2,1H3,(H,9,10). The molecule has 0 spiro atoms. The van der Waals surface area contributed by atoms with Gasteiger partial charge in [-0.25, -0.2) is 0 Å². The minimum atomic E-state index is -1.26. The second-order valence-corrected chi connectivity index (χ2v) is 11.7. The Bertz CT molecular complexity index is 258. The Morgan fingerprint density at radius 2 is 1.30 bits per heavy atom. The van der Waals surface area contributed by atoms with E-state index in [1.807, 2.05) is 0 Å². The fraction of sp³-hybridized carbons (Fsp3) is 0.947. The van der Waals surface area contributed by atoms with Crippen molar-refractivity contribution >= 4 is 25.6 Å². The number of aliphatic hydroxyl groups excluding tert-OH is 1. The summed E-state index contributed by atoms with van der Waals surface area (Å²) in [5.41, 5.74) is 0. The third-order valence-corrected chi connectivity index (χ3v) is 6.74. The first-order chi connectivity index (χ1) is 10.9. The largest absolute Gasteiger partial charge is 0.502 e. The van der Waals surface area contributed by atoms with Crippen molar-refractivity contribution in [2.75, 3.05) is 6.61 Å². The minimum Gasteiger partial charge on any atom is -0.502 e. The van der Waals surface area contributed by atoms with Crippen LogP contribution in [0.4, 0.5) is 0 Å². The van der Waals surface area contributed by atoms with Crippen LogP contribution in [0.15, 0.2) is 0 Å². The van der Waals surface area contributed by atoms with Gasteiger partial charge in [0.15, 0.2) is 13.4 Å². The van der Waals surface area contributed by atoms with Crippen molar-refractivity contribution in [3.8, 4) is 0 Å². The van der Waals surface area contributed by atoms with Gasteiger partial charge in [-0.2, -0.15) is 0 Å². The minimum absolute atomic E-state index is 0.163. The van der Waals surface area contributed by atoms with E-state index in [1.54, 1.807) is 0 Å². The summed E-state index contributed by atoms with van der Waals surface area (Å²) in [5, 5.41) is 8.80. The van der Waals surface area contributed by atoms with Crippen molar-refractivity contribution in [2.45, 2.75) is 111 Å². The lowest BCUT2D eigenvalue weighted by Gasteiger charge is -2.21. The zero-order valence-electron chi connectivity index (χ0n) is 16.5. The summed E-state index contributed by atoms with van der Waals surface area (Å²) >= 11 is 4.53. The quantitative estimate of drug-likeness (QED) is 0.198. The molecule has 2 nitrogen and oxygen atoms in total. The van der Waals surface area contributed by atoms with Crippen molar-refractivity contribution in [3.05, 3.63) is 0 Å². The van der Waals surface area contributed by atoms with Gasteiger partial charge in [-0.1, -0.05) is 71.6 Å². The number of hydrogen-bond acceptors (Lipinski definition) is 2. The van der Waals surface area contributed by atoms with Crippen molar-refractivity contribution in [1.29, 1.82) is 0 Å². The number of unbranched alkanes of at least 4 members (excludes halogenated alkanes) is 8. The summed E-state index contributed by atoms with van der Waals surface area (Å²) < 4.78 is 5.77. The van der Waals surface area contributed by atoms with E-state index in [4.69, 9.17) is 9.53 Å². The highest BCUT2D eigenvalue weighted by Gasteiger charge is 2.20. The van der Waals surface area contributed by atoms with Crippen LogP contribution in [0.5, 0.6) is 0 Å². The van der Waals surface area contributed by atoms with Gasteiger partial charge in [0.05, 0.1) is 0 Å². The molecule has 0 aliphatic carbocycles. The number of rotatable bonds is 14. The van der Waals surface area contributed by atoms with Crippen LogP contribution in [0, 0.1) is 0 Å². The summed E-state index contributed by atoms with van der Waals surface area (Å²) in [6, 6.07) is 1.34. The van der Waals surface area contributed by atoms with Crippen molar-refractivity contribution in [1.82, 2.24) is 0 Å². The molecule has 0 aromatic carbocycles. The molecule has 4 heteroatoms. The molecule has 1 N–H and O–H groups in total. The Balaban J connectivity index is 0. The zero-order chi connectivity index (χ0) is 18.0. The molecule has 0 bridgehead atoms. The third kappa shape index (κ3) is 24.4. The molecule has 0 saturated heterocycles. The molecule has 0 heterocycles. The van der Waals surface area contributed by atoms with Crippen LogP contribution < -0.4 is 0 Å². The maximum absolute atomic E-state index is 8.64. The van der Waals surface area contributed by atoms with Crippen LogP contribution >= 0.6 is 12.2 Å². The van der Waals surface area contributed by atoms with Crippen LogP contribution in [-0.4, -0.2) is 25.1 Å². The summed E-state index contributed by atoms with van der Waals surface area (Å²) in [5.74, 6) is 0. The molecular weight excluding hydrogens is 320 g/mol. The molecule has 0 aliphatic rings. The van der Waals surface area contributed by atoms with Gasteiger partial charge in [0.2, 0.25) is 0 Å². The number of hydrogen-bond donors (Lipinski definition) is 1. The molecule has 0 unspecified atom stereocenters. The highest BCUT2D eigenvalue weighted by Crippen LogP contribution is 2.16. The van der Waals surface area contributed by atoms with E-state index in [0.717, 1.165) is 13.0 Å². The fourth-order valence-electron chi connectivity index (χ4n) is 2.50. The first-order valence-electron chi connectivity index (χ1n) is 9.75.